The molecule has 23 heavy (non-hydrogen) atoms. The summed E-state index contributed by atoms with van der Waals surface area (Å²) in [5.41, 5.74) is 3.07. The maximum atomic E-state index is 12.4. The van der Waals surface area contributed by atoms with Gasteiger partial charge in [-0.1, -0.05) is 44.2 Å². The molecule has 0 radical (unpaired) electrons. The van der Waals surface area contributed by atoms with Crippen molar-refractivity contribution in [3.8, 4) is 0 Å². The summed E-state index contributed by atoms with van der Waals surface area (Å²) < 4.78 is 5.72. The van der Waals surface area contributed by atoms with Crippen molar-refractivity contribution in [3.63, 3.8) is 0 Å². The van der Waals surface area contributed by atoms with E-state index in [1.165, 1.54) is 0 Å². The Hall–Kier alpha value is -2.62. The molecule has 0 unspecified atom stereocenters. The van der Waals surface area contributed by atoms with Crippen LogP contribution in [0.1, 0.15) is 54.5 Å². The van der Waals surface area contributed by atoms with Gasteiger partial charge in [-0.05, 0) is 30.7 Å². The number of nitrogens with zero attached hydrogens (tertiary/aromatic N) is 1. The summed E-state index contributed by atoms with van der Waals surface area (Å²) in [5, 5.41) is 3.01. The molecule has 118 valence electrons. The number of aromatic nitrogens is 1. The van der Waals surface area contributed by atoms with Gasteiger partial charge in [-0.3, -0.25) is 4.79 Å². The summed E-state index contributed by atoms with van der Waals surface area (Å²) in [6, 6.07) is 15.2. The molecule has 0 aliphatic heterocycles. The van der Waals surface area contributed by atoms with Gasteiger partial charge >= 0.3 is 0 Å². The highest BCUT2D eigenvalue weighted by Crippen LogP contribution is 2.22. The quantitative estimate of drug-likeness (QED) is 0.775. The predicted octanol–water partition coefficient (Wildman–Crippen LogP) is 4.44. The van der Waals surface area contributed by atoms with Crippen LogP contribution in [0.5, 0.6) is 0 Å². The third-order valence-corrected chi connectivity index (χ3v) is 3.81. The van der Waals surface area contributed by atoms with Crippen molar-refractivity contribution in [2.24, 2.45) is 0 Å². The molecular formula is C19H20N2O2. The Kier molecular flexibility index (Phi) is 4.15. The first-order valence-electron chi connectivity index (χ1n) is 7.81. The van der Waals surface area contributed by atoms with Gasteiger partial charge < -0.3 is 9.73 Å². The fraction of sp³-hybridized carbons (Fsp3) is 0.263. The van der Waals surface area contributed by atoms with E-state index < -0.39 is 0 Å². The Bertz CT molecular complexity index is 822. The molecule has 1 aromatic heterocycles. The fourth-order valence-electron chi connectivity index (χ4n) is 2.44. The minimum Gasteiger partial charge on any atom is -0.440 e. The molecule has 0 spiro atoms. The van der Waals surface area contributed by atoms with Gasteiger partial charge in [0.05, 0.1) is 6.04 Å². The van der Waals surface area contributed by atoms with Crippen LogP contribution >= 0.6 is 0 Å². The number of carbonyl (C=O) groups excluding carboxylic acids is 1. The first-order valence-corrected chi connectivity index (χ1v) is 7.81. The standard InChI is InChI=1S/C19H20N2O2/c1-12(2)19-21-16-10-9-15(11-17(16)23-19)18(22)20-13(3)14-7-5-4-6-8-14/h4-13H,1-3H3,(H,20,22)/t13-/m0/s1. The maximum absolute atomic E-state index is 12.4. The van der Waals surface area contributed by atoms with E-state index in [1.54, 1.807) is 12.1 Å². The second-order valence-electron chi connectivity index (χ2n) is 6.00. The lowest BCUT2D eigenvalue weighted by Crippen LogP contribution is -2.26. The molecule has 2 aromatic carbocycles. The predicted molar refractivity (Wildman–Crippen MR) is 90.4 cm³/mol. The lowest BCUT2D eigenvalue weighted by molar-refractivity contribution is 0.0940. The first kappa shape index (κ1) is 15.3. The van der Waals surface area contributed by atoms with E-state index in [1.807, 2.05) is 57.2 Å². The normalized spacial score (nSPS) is 12.5. The SMILES string of the molecule is CC(C)c1nc2ccc(C(=O)N[C@@H](C)c3ccccc3)cc2o1. The highest BCUT2D eigenvalue weighted by molar-refractivity contribution is 5.97. The second kappa shape index (κ2) is 6.24. The lowest BCUT2D eigenvalue weighted by atomic mass is 10.1. The van der Waals surface area contributed by atoms with Gasteiger partial charge in [-0.2, -0.15) is 0 Å². The van der Waals surface area contributed by atoms with Gasteiger partial charge in [0.2, 0.25) is 0 Å². The second-order valence-corrected chi connectivity index (χ2v) is 6.00. The molecule has 1 atom stereocenters. The molecule has 0 fully saturated rings. The highest BCUT2D eigenvalue weighted by Gasteiger charge is 2.14. The van der Waals surface area contributed by atoms with Gasteiger partial charge in [0, 0.05) is 11.5 Å². The number of oxazole rings is 1. The van der Waals surface area contributed by atoms with Crippen LogP contribution in [0.2, 0.25) is 0 Å². The number of amides is 1. The van der Waals surface area contributed by atoms with Crippen LogP contribution in [-0.4, -0.2) is 10.9 Å². The van der Waals surface area contributed by atoms with Gasteiger partial charge in [0.25, 0.3) is 5.91 Å². The largest absolute Gasteiger partial charge is 0.440 e. The highest BCUT2D eigenvalue weighted by atomic mass is 16.3. The van der Waals surface area contributed by atoms with Crippen LogP contribution in [-0.2, 0) is 0 Å². The molecule has 0 saturated carbocycles. The van der Waals surface area contributed by atoms with Crippen molar-refractivity contribution >= 4 is 17.0 Å². The summed E-state index contributed by atoms with van der Waals surface area (Å²) in [4.78, 5) is 16.9. The third-order valence-electron chi connectivity index (χ3n) is 3.81. The molecule has 4 heteroatoms. The molecule has 0 aliphatic rings. The van der Waals surface area contributed by atoms with Crippen LogP contribution in [0.3, 0.4) is 0 Å². The van der Waals surface area contributed by atoms with Gasteiger partial charge in [0.1, 0.15) is 5.52 Å². The van der Waals surface area contributed by atoms with Crippen LogP contribution in [0.15, 0.2) is 52.9 Å². The van der Waals surface area contributed by atoms with E-state index in [0.717, 1.165) is 11.1 Å². The van der Waals surface area contributed by atoms with Crippen molar-refractivity contribution in [2.45, 2.75) is 32.7 Å². The summed E-state index contributed by atoms with van der Waals surface area (Å²) >= 11 is 0. The summed E-state index contributed by atoms with van der Waals surface area (Å²) in [5.74, 6) is 0.791. The summed E-state index contributed by atoms with van der Waals surface area (Å²) in [7, 11) is 0. The van der Waals surface area contributed by atoms with E-state index in [4.69, 9.17) is 4.42 Å². The van der Waals surface area contributed by atoms with Crippen molar-refractivity contribution in [1.82, 2.24) is 10.3 Å². The molecule has 1 N–H and O–H groups in total. The lowest BCUT2D eigenvalue weighted by Gasteiger charge is -2.14. The molecule has 0 bridgehead atoms. The molecular weight excluding hydrogens is 288 g/mol. The van der Waals surface area contributed by atoms with E-state index in [0.29, 0.717) is 17.0 Å². The molecule has 1 amide bonds. The number of hydrogen-bond acceptors (Lipinski definition) is 3. The van der Waals surface area contributed by atoms with Gasteiger partial charge in [-0.25, -0.2) is 4.98 Å². The molecule has 0 saturated heterocycles. The Morgan fingerprint density at radius 2 is 1.83 bits per heavy atom. The average molecular weight is 308 g/mol. The van der Waals surface area contributed by atoms with Crippen molar-refractivity contribution in [2.75, 3.05) is 0 Å². The average Bonchev–Trinajstić information content (AvgIpc) is 2.99. The first-order chi connectivity index (χ1) is 11.0. The van der Waals surface area contributed by atoms with Crippen LogP contribution in [0.25, 0.3) is 11.1 Å². The molecule has 0 aliphatic carbocycles. The van der Waals surface area contributed by atoms with Crippen molar-refractivity contribution in [3.05, 3.63) is 65.5 Å². The zero-order valence-electron chi connectivity index (χ0n) is 13.5. The number of carbonyl (C=O) groups is 1. The number of benzene rings is 2. The topological polar surface area (TPSA) is 55.1 Å². The minimum absolute atomic E-state index is 0.0552. The molecule has 4 nitrogen and oxygen atoms in total. The number of nitrogens with one attached hydrogen (secondary N) is 1. The maximum Gasteiger partial charge on any atom is 0.251 e. The zero-order chi connectivity index (χ0) is 16.4. The van der Waals surface area contributed by atoms with Crippen LogP contribution in [0.4, 0.5) is 0 Å². The minimum atomic E-state index is -0.120. The van der Waals surface area contributed by atoms with E-state index in [9.17, 15) is 4.79 Å². The molecule has 3 rings (SSSR count). The third kappa shape index (κ3) is 3.26. The van der Waals surface area contributed by atoms with Crippen LogP contribution in [0, 0.1) is 0 Å². The van der Waals surface area contributed by atoms with Crippen molar-refractivity contribution in [1.29, 1.82) is 0 Å². The Balaban J connectivity index is 1.80. The fourth-order valence-corrected chi connectivity index (χ4v) is 2.44. The summed E-state index contributed by atoms with van der Waals surface area (Å²) in [6.07, 6.45) is 0. The molecule has 3 aromatic rings. The van der Waals surface area contributed by atoms with Gasteiger partial charge in [0.15, 0.2) is 11.5 Å². The number of fused-ring (bicyclic) bond motifs is 1. The Morgan fingerprint density at radius 1 is 1.09 bits per heavy atom. The Morgan fingerprint density at radius 3 is 2.52 bits per heavy atom. The zero-order valence-corrected chi connectivity index (χ0v) is 13.5. The van der Waals surface area contributed by atoms with Crippen LogP contribution < -0.4 is 5.32 Å². The Labute approximate surface area is 135 Å². The van der Waals surface area contributed by atoms with Gasteiger partial charge in [-0.15, -0.1) is 0 Å². The van der Waals surface area contributed by atoms with E-state index >= 15 is 0 Å². The smallest absolute Gasteiger partial charge is 0.251 e. The summed E-state index contributed by atoms with van der Waals surface area (Å²) in [6.45, 7) is 6.02. The monoisotopic (exact) mass is 308 g/mol. The van der Waals surface area contributed by atoms with Crippen molar-refractivity contribution < 1.29 is 9.21 Å². The molecule has 1 heterocycles. The van der Waals surface area contributed by atoms with E-state index in [2.05, 4.69) is 10.3 Å². The number of hydrogen-bond donors (Lipinski definition) is 1. The van der Waals surface area contributed by atoms with E-state index in [-0.39, 0.29) is 17.9 Å². The number of rotatable bonds is 4.